The molecule has 1 aromatic heterocycles. The molecule has 19 heavy (non-hydrogen) atoms. The monoisotopic (exact) mass is 259 g/mol. The third-order valence-electron chi connectivity index (χ3n) is 3.89. The standard InChI is InChI=1S/C15H21N3O/c1-11-9-17-14(12(2)15(11)19-3)10-18-6-4-13(8-16)5-7-18/h9,13H,4-7,10H2,1-3H3. The minimum atomic E-state index is 0.234. The molecule has 0 unspecified atom stereocenters. The van der Waals surface area contributed by atoms with E-state index in [0.29, 0.717) is 0 Å². The molecule has 1 aliphatic heterocycles. The lowest BCUT2D eigenvalue weighted by atomic mass is 9.98. The maximum atomic E-state index is 8.91. The van der Waals surface area contributed by atoms with E-state index in [-0.39, 0.29) is 5.92 Å². The van der Waals surface area contributed by atoms with Crippen molar-refractivity contribution in [1.29, 1.82) is 5.26 Å². The van der Waals surface area contributed by atoms with Crippen LogP contribution in [0.2, 0.25) is 0 Å². The van der Waals surface area contributed by atoms with Gasteiger partial charge in [0.1, 0.15) is 5.75 Å². The number of hydrogen-bond acceptors (Lipinski definition) is 4. The van der Waals surface area contributed by atoms with Crippen molar-refractivity contribution >= 4 is 0 Å². The SMILES string of the molecule is COc1c(C)cnc(CN2CCC(C#N)CC2)c1C. The van der Waals surface area contributed by atoms with Gasteiger partial charge in [-0.2, -0.15) is 5.26 Å². The number of piperidine rings is 1. The molecule has 0 saturated carbocycles. The number of ether oxygens (including phenoxy) is 1. The lowest BCUT2D eigenvalue weighted by Crippen LogP contribution is -2.33. The summed E-state index contributed by atoms with van der Waals surface area (Å²) < 4.78 is 5.44. The molecule has 0 atom stereocenters. The van der Waals surface area contributed by atoms with Crippen LogP contribution in [0.4, 0.5) is 0 Å². The Balaban J connectivity index is 2.06. The number of aryl methyl sites for hydroxylation is 1. The number of methoxy groups -OCH3 is 1. The number of aromatic nitrogens is 1. The Morgan fingerprint density at radius 2 is 2.11 bits per heavy atom. The van der Waals surface area contributed by atoms with E-state index in [1.165, 1.54) is 0 Å². The fraction of sp³-hybridized carbons (Fsp3) is 0.600. The molecular weight excluding hydrogens is 238 g/mol. The Morgan fingerprint density at radius 1 is 1.42 bits per heavy atom. The van der Waals surface area contributed by atoms with Crippen molar-refractivity contribution in [2.45, 2.75) is 33.2 Å². The number of pyridine rings is 1. The second kappa shape index (κ2) is 6.03. The van der Waals surface area contributed by atoms with Gasteiger partial charge in [-0.05, 0) is 39.8 Å². The highest BCUT2D eigenvalue weighted by atomic mass is 16.5. The summed E-state index contributed by atoms with van der Waals surface area (Å²) in [5.74, 6) is 1.18. The van der Waals surface area contributed by atoms with E-state index in [1.54, 1.807) is 7.11 Å². The van der Waals surface area contributed by atoms with Crippen LogP contribution in [0, 0.1) is 31.1 Å². The van der Waals surface area contributed by atoms with Gasteiger partial charge in [-0.15, -0.1) is 0 Å². The fourth-order valence-electron chi connectivity index (χ4n) is 2.66. The first-order valence-corrected chi connectivity index (χ1v) is 6.76. The van der Waals surface area contributed by atoms with Gasteiger partial charge in [-0.3, -0.25) is 9.88 Å². The highest BCUT2D eigenvalue weighted by Crippen LogP contribution is 2.26. The first-order valence-electron chi connectivity index (χ1n) is 6.76. The van der Waals surface area contributed by atoms with E-state index in [4.69, 9.17) is 10.00 Å². The lowest BCUT2D eigenvalue weighted by Gasteiger charge is -2.29. The van der Waals surface area contributed by atoms with Crippen molar-refractivity contribution in [2.75, 3.05) is 20.2 Å². The second-order valence-corrected chi connectivity index (χ2v) is 5.23. The summed E-state index contributed by atoms with van der Waals surface area (Å²) in [5, 5.41) is 8.91. The predicted molar refractivity (Wildman–Crippen MR) is 73.9 cm³/mol. The van der Waals surface area contributed by atoms with Crippen LogP contribution in [0.5, 0.6) is 5.75 Å². The number of nitriles is 1. The second-order valence-electron chi connectivity index (χ2n) is 5.23. The van der Waals surface area contributed by atoms with Crippen molar-refractivity contribution in [3.63, 3.8) is 0 Å². The van der Waals surface area contributed by atoms with Gasteiger partial charge in [0.05, 0.1) is 18.9 Å². The first kappa shape index (κ1) is 13.8. The third kappa shape index (κ3) is 3.05. The van der Waals surface area contributed by atoms with E-state index < -0.39 is 0 Å². The summed E-state index contributed by atoms with van der Waals surface area (Å²) in [6, 6.07) is 2.36. The van der Waals surface area contributed by atoms with Crippen molar-refractivity contribution in [3.8, 4) is 11.8 Å². The Bertz CT molecular complexity index is 485. The predicted octanol–water partition coefficient (Wildman–Crippen LogP) is 2.44. The third-order valence-corrected chi connectivity index (χ3v) is 3.89. The zero-order valence-electron chi connectivity index (χ0n) is 11.9. The van der Waals surface area contributed by atoms with Crippen molar-refractivity contribution in [3.05, 3.63) is 23.0 Å². The van der Waals surface area contributed by atoms with Gasteiger partial charge in [0.15, 0.2) is 0 Å². The maximum absolute atomic E-state index is 8.91. The minimum Gasteiger partial charge on any atom is -0.496 e. The summed E-state index contributed by atoms with van der Waals surface area (Å²) >= 11 is 0. The Kier molecular flexibility index (Phi) is 4.39. The summed E-state index contributed by atoms with van der Waals surface area (Å²) in [6.07, 6.45) is 3.82. The molecule has 0 spiro atoms. The number of hydrogen-bond donors (Lipinski definition) is 0. The van der Waals surface area contributed by atoms with E-state index in [1.807, 2.05) is 13.1 Å². The van der Waals surface area contributed by atoms with Crippen LogP contribution in [0.3, 0.4) is 0 Å². The van der Waals surface area contributed by atoms with Gasteiger partial charge in [0.25, 0.3) is 0 Å². The van der Waals surface area contributed by atoms with Gasteiger partial charge >= 0.3 is 0 Å². The van der Waals surface area contributed by atoms with Crippen molar-refractivity contribution in [1.82, 2.24) is 9.88 Å². The van der Waals surface area contributed by atoms with Gasteiger partial charge in [0.2, 0.25) is 0 Å². The lowest BCUT2D eigenvalue weighted by molar-refractivity contribution is 0.195. The molecule has 0 aromatic carbocycles. The van der Waals surface area contributed by atoms with Gasteiger partial charge in [-0.1, -0.05) is 0 Å². The fourth-order valence-corrected chi connectivity index (χ4v) is 2.66. The molecule has 1 fully saturated rings. The molecule has 1 aliphatic rings. The average Bonchev–Trinajstić information content (AvgIpc) is 2.43. The topological polar surface area (TPSA) is 49.1 Å². The molecule has 0 bridgehead atoms. The van der Waals surface area contributed by atoms with Crippen LogP contribution in [0.1, 0.15) is 29.7 Å². The summed E-state index contributed by atoms with van der Waals surface area (Å²) in [4.78, 5) is 6.91. The van der Waals surface area contributed by atoms with E-state index in [2.05, 4.69) is 22.9 Å². The Labute approximate surface area is 115 Å². The quantitative estimate of drug-likeness (QED) is 0.836. The maximum Gasteiger partial charge on any atom is 0.128 e. The molecule has 4 nitrogen and oxygen atoms in total. The summed E-state index contributed by atoms with van der Waals surface area (Å²) in [7, 11) is 1.71. The van der Waals surface area contributed by atoms with Crippen LogP contribution in [-0.2, 0) is 6.54 Å². The molecule has 0 N–H and O–H groups in total. The molecule has 0 radical (unpaired) electrons. The van der Waals surface area contributed by atoms with Crippen LogP contribution in [0.15, 0.2) is 6.20 Å². The Morgan fingerprint density at radius 3 is 2.68 bits per heavy atom. The smallest absolute Gasteiger partial charge is 0.128 e. The minimum absolute atomic E-state index is 0.234. The zero-order chi connectivity index (χ0) is 13.8. The van der Waals surface area contributed by atoms with Crippen LogP contribution >= 0.6 is 0 Å². The number of likely N-dealkylation sites (tertiary alicyclic amines) is 1. The molecular formula is C15H21N3O. The molecule has 2 rings (SSSR count). The van der Waals surface area contributed by atoms with E-state index in [0.717, 1.165) is 55.0 Å². The molecule has 4 heteroatoms. The number of nitrogens with zero attached hydrogens (tertiary/aromatic N) is 3. The van der Waals surface area contributed by atoms with Crippen LogP contribution in [0.25, 0.3) is 0 Å². The average molecular weight is 259 g/mol. The van der Waals surface area contributed by atoms with Crippen LogP contribution in [-0.4, -0.2) is 30.1 Å². The van der Waals surface area contributed by atoms with Crippen molar-refractivity contribution < 1.29 is 4.74 Å². The van der Waals surface area contributed by atoms with Crippen molar-refractivity contribution in [2.24, 2.45) is 5.92 Å². The summed E-state index contributed by atoms with van der Waals surface area (Å²) in [5.41, 5.74) is 3.29. The summed E-state index contributed by atoms with van der Waals surface area (Å²) in [6.45, 7) is 6.89. The molecule has 1 aromatic rings. The van der Waals surface area contributed by atoms with Crippen LogP contribution < -0.4 is 4.74 Å². The molecule has 0 aliphatic carbocycles. The van der Waals surface area contributed by atoms with E-state index >= 15 is 0 Å². The molecule has 102 valence electrons. The largest absolute Gasteiger partial charge is 0.496 e. The van der Waals surface area contributed by atoms with Gasteiger partial charge in [-0.25, -0.2) is 0 Å². The Hall–Kier alpha value is -1.60. The molecule has 2 heterocycles. The first-order chi connectivity index (χ1) is 9.15. The normalized spacial score (nSPS) is 17.2. The highest BCUT2D eigenvalue weighted by molar-refractivity contribution is 5.41. The molecule has 0 amide bonds. The molecule has 1 saturated heterocycles. The van der Waals surface area contributed by atoms with Gasteiger partial charge in [0, 0.05) is 29.8 Å². The van der Waals surface area contributed by atoms with Gasteiger partial charge < -0.3 is 4.74 Å². The zero-order valence-corrected chi connectivity index (χ0v) is 11.9. The number of rotatable bonds is 3. The highest BCUT2D eigenvalue weighted by Gasteiger charge is 2.20. The van der Waals surface area contributed by atoms with E-state index in [9.17, 15) is 0 Å².